The Kier molecular flexibility index (Phi) is 1.91. The summed E-state index contributed by atoms with van der Waals surface area (Å²) in [7, 11) is 0. The number of rotatable bonds is 1. The van der Waals surface area contributed by atoms with Crippen LogP contribution in [0, 0.1) is 0 Å². The number of hydrogen-bond donors (Lipinski definition) is 1. The summed E-state index contributed by atoms with van der Waals surface area (Å²) in [6, 6.07) is 11.1. The van der Waals surface area contributed by atoms with Crippen LogP contribution in [0.1, 0.15) is 0 Å². The molecule has 1 aromatic carbocycles. The van der Waals surface area contributed by atoms with Gasteiger partial charge in [-0.2, -0.15) is 4.73 Å². The summed E-state index contributed by atoms with van der Waals surface area (Å²) < 4.78 is 6.36. The second kappa shape index (κ2) is 3.58. The number of benzene rings is 1. The molecule has 2 aromatic rings. The predicted octanol–water partition coefficient (Wildman–Crippen LogP) is 3.03. The first kappa shape index (κ1) is 10.1. The van der Waals surface area contributed by atoms with Crippen molar-refractivity contribution in [3.63, 3.8) is 0 Å². The maximum Gasteiger partial charge on any atom is 0.196 e. The minimum atomic E-state index is 0.524. The molecule has 1 N–H and O–H groups in total. The van der Waals surface area contributed by atoms with E-state index >= 15 is 0 Å². The highest BCUT2D eigenvalue weighted by atomic mass is 16.5. The van der Waals surface area contributed by atoms with Crippen molar-refractivity contribution in [2.24, 2.45) is 0 Å². The van der Waals surface area contributed by atoms with Crippen LogP contribution in [-0.4, -0.2) is 19.9 Å². The van der Waals surface area contributed by atoms with Crippen molar-refractivity contribution in [1.82, 2.24) is 14.7 Å². The number of aromatic nitrogens is 3. The molecule has 0 saturated heterocycles. The zero-order valence-corrected chi connectivity index (χ0v) is 9.82. The smallest absolute Gasteiger partial charge is 0.196 e. The zero-order chi connectivity index (χ0) is 12.8. The van der Waals surface area contributed by atoms with Gasteiger partial charge in [0.15, 0.2) is 11.6 Å². The third-order valence-corrected chi connectivity index (χ3v) is 3.08. The molecular formula is C14H9N3O2. The number of hydrogen-bond acceptors (Lipinski definition) is 4. The lowest BCUT2D eigenvalue weighted by Crippen LogP contribution is -1.97. The van der Waals surface area contributed by atoms with Crippen LogP contribution in [0.25, 0.3) is 33.9 Å². The number of fused-ring (bicyclic) bond motifs is 3. The van der Waals surface area contributed by atoms with E-state index in [1.807, 2.05) is 30.3 Å². The number of nitrogens with zero attached hydrogens (tertiary/aromatic N) is 3. The molecule has 0 aliphatic carbocycles. The summed E-state index contributed by atoms with van der Waals surface area (Å²) in [6.07, 6.45) is 3.14. The maximum atomic E-state index is 9.93. The maximum absolute atomic E-state index is 9.93. The zero-order valence-electron chi connectivity index (χ0n) is 9.82. The number of para-hydroxylation sites is 1. The molecular weight excluding hydrogens is 242 g/mol. The van der Waals surface area contributed by atoms with Crippen LogP contribution in [-0.2, 0) is 0 Å². The molecule has 2 aliphatic heterocycles. The van der Waals surface area contributed by atoms with E-state index in [2.05, 4.69) is 9.97 Å². The first-order chi connectivity index (χ1) is 9.33. The van der Waals surface area contributed by atoms with Gasteiger partial charge in [-0.15, -0.1) is 0 Å². The van der Waals surface area contributed by atoms with Gasteiger partial charge < -0.3 is 9.62 Å². The number of pyridine rings is 1. The molecule has 19 heavy (non-hydrogen) atoms. The lowest BCUT2D eigenvalue weighted by Gasteiger charge is -2.06. The van der Waals surface area contributed by atoms with Crippen molar-refractivity contribution in [2.75, 3.05) is 0 Å². The van der Waals surface area contributed by atoms with E-state index in [1.165, 1.54) is 0 Å². The molecule has 5 heteroatoms. The minimum Gasteiger partial charge on any atom is -0.461 e. The molecule has 1 aromatic heterocycles. The molecule has 0 bridgehead atoms. The van der Waals surface area contributed by atoms with E-state index in [1.54, 1.807) is 18.5 Å². The molecule has 92 valence electrons. The van der Waals surface area contributed by atoms with E-state index in [9.17, 15) is 5.21 Å². The Bertz CT molecular complexity index is 833. The SMILES string of the molecule is On1cc2nc(-c3ccco3)nc-2c2ccccc21. The summed E-state index contributed by atoms with van der Waals surface area (Å²) in [5.41, 5.74) is 2.08. The molecule has 4 rings (SSSR count). The van der Waals surface area contributed by atoms with Crippen LogP contribution in [0.15, 0.2) is 53.3 Å². The van der Waals surface area contributed by atoms with E-state index in [4.69, 9.17) is 4.42 Å². The van der Waals surface area contributed by atoms with Gasteiger partial charge in [0.05, 0.1) is 18.0 Å². The molecule has 0 amide bonds. The van der Waals surface area contributed by atoms with Crippen LogP contribution >= 0.6 is 0 Å². The van der Waals surface area contributed by atoms with Gasteiger partial charge in [0.25, 0.3) is 0 Å². The van der Waals surface area contributed by atoms with Gasteiger partial charge in [0.1, 0.15) is 11.4 Å². The van der Waals surface area contributed by atoms with Crippen LogP contribution in [0.4, 0.5) is 0 Å². The normalized spacial score (nSPS) is 11.4. The van der Waals surface area contributed by atoms with Gasteiger partial charge in [0, 0.05) is 5.39 Å². The highest BCUT2D eigenvalue weighted by Gasteiger charge is 2.18. The van der Waals surface area contributed by atoms with Crippen molar-refractivity contribution < 1.29 is 9.62 Å². The molecule has 2 aliphatic rings. The Labute approximate surface area is 108 Å². The highest BCUT2D eigenvalue weighted by molar-refractivity contribution is 5.93. The molecule has 0 atom stereocenters. The Morgan fingerprint density at radius 1 is 1.05 bits per heavy atom. The average Bonchev–Trinajstić information content (AvgIpc) is 3.07. The van der Waals surface area contributed by atoms with Crippen molar-refractivity contribution >= 4 is 10.9 Å². The quantitative estimate of drug-likeness (QED) is 0.528. The summed E-state index contributed by atoms with van der Waals surface area (Å²) in [5.74, 6) is 1.14. The Hall–Kier alpha value is -2.82. The largest absolute Gasteiger partial charge is 0.461 e. The second-order valence-corrected chi connectivity index (χ2v) is 4.25. The van der Waals surface area contributed by atoms with Gasteiger partial charge in [-0.3, -0.25) is 0 Å². The molecule has 3 heterocycles. The second-order valence-electron chi connectivity index (χ2n) is 4.25. The first-order valence-corrected chi connectivity index (χ1v) is 5.84. The summed E-state index contributed by atoms with van der Waals surface area (Å²) in [4.78, 5) is 8.88. The van der Waals surface area contributed by atoms with Crippen LogP contribution in [0.5, 0.6) is 0 Å². The molecule has 0 fully saturated rings. The molecule has 0 saturated carbocycles. The topological polar surface area (TPSA) is 64.1 Å². The summed E-state index contributed by atoms with van der Waals surface area (Å²) >= 11 is 0. The van der Waals surface area contributed by atoms with Crippen LogP contribution in [0.2, 0.25) is 0 Å². The third-order valence-electron chi connectivity index (χ3n) is 3.08. The van der Waals surface area contributed by atoms with Gasteiger partial charge in [0.2, 0.25) is 0 Å². The van der Waals surface area contributed by atoms with Gasteiger partial charge in [-0.25, -0.2) is 9.97 Å². The highest BCUT2D eigenvalue weighted by Crippen LogP contribution is 2.31. The van der Waals surface area contributed by atoms with E-state index in [0.717, 1.165) is 15.8 Å². The van der Waals surface area contributed by atoms with Crippen molar-refractivity contribution in [2.45, 2.75) is 0 Å². The monoisotopic (exact) mass is 251 g/mol. The van der Waals surface area contributed by atoms with E-state index < -0.39 is 0 Å². The third kappa shape index (κ3) is 1.41. The fourth-order valence-corrected chi connectivity index (χ4v) is 2.22. The first-order valence-electron chi connectivity index (χ1n) is 5.84. The molecule has 5 nitrogen and oxygen atoms in total. The van der Waals surface area contributed by atoms with Crippen molar-refractivity contribution in [3.05, 3.63) is 48.9 Å². The predicted molar refractivity (Wildman–Crippen MR) is 69.0 cm³/mol. The Balaban J connectivity index is 2.09. The molecule has 0 radical (unpaired) electrons. The van der Waals surface area contributed by atoms with E-state index in [0.29, 0.717) is 22.8 Å². The fraction of sp³-hybridized carbons (Fsp3) is 0. The summed E-state index contributed by atoms with van der Waals surface area (Å²) in [6.45, 7) is 0. The van der Waals surface area contributed by atoms with Crippen LogP contribution < -0.4 is 0 Å². The van der Waals surface area contributed by atoms with E-state index in [-0.39, 0.29) is 0 Å². The Morgan fingerprint density at radius 3 is 2.79 bits per heavy atom. The molecule has 0 spiro atoms. The minimum absolute atomic E-state index is 0.524. The number of furan rings is 1. The van der Waals surface area contributed by atoms with Crippen molar-refractivity contribution in [3.8, 4) is 23.0 Å². The van der Waals surface area contributed by atoms with Gasteiger partial charge >= 0.3 is 0 Å². The average molecular weight is 251 g/mol. The van der Waals surface area contributed by atoms with Gasteiger partial charge in [-0.05, 0) is 18.2 Å². The fourth-order valence-electron chi connectivity index (χ4n) is 2.22. The number of imidazole rings is 1. The van der Waals surface area contributed by atoms with Gasteiger partial charge in [-0.1, -0.05) is 18.2 Å². The lowest BCUT2D eigenvalue weighted by atomic mass is 10.1. The Morgan fingerprint density at radius 2 is 1.95 bits per heavy atom. The van der Waals surface area contributed by atoms with Crippen LogP contribution in [0.3, 0.4) is 0 Å². The molecule has 0 unspecified atom stereocenters. The summed E-state index contributed by atoms with van der Waals surface area (Å²) in [5, 5.41) is 10.8. The van der Waals surface area contributed by atoms with Crippen molar-refractivity contribution in [1.29, 1.82) is 0 Å². The standard InChI is InChI=1S/C14H9N3O2/c18-17-8-10-13(9-4-1-2-5-11(9)17)16-14(15-10)12-6-3-7-19-12/h1-8,18H. The lowest BCUT2D eigenvalue weighted by molar-refractivity contribution is 0.198.